The molecule has 1 saturated heterocycles. The molecule has 0 aliphatic carbocycles. The Bertz CT molecular complexity index is 439. The third kappa shape index (κ3) is 3.64. The molecular weight excluding hydrogens is 260 g/mol. The number of hydrogen-bond acceptors (Lipinski definition) is 3. The van der Waals surface area contributed by atoms with Gasteiger partial charge < -0.3 is 15.3 Å². The van der Waals surface area contributed by atoms with Gasteiger partial charge in [-0.2, -0.15) is 0 Å². The zero-order valence-electron chi connectivity index (χ0n) is 11.1. The number of para-hydroxylation sites is 1. The molecule has 0 aromatic heterocycles. The van der Waals surface area contributed by atoms with Gasteiger partial charge in [0, 0.05) is 24.6 Å². The molecular formula is C14H20N2O2S. The number of likely N-dealkylation sites (tertiary alicyclic amines) is 1. The van der Waals surface area contributed by atoms with E-state index in [9.17, 15) is 9.90 Å². The second kappa shape index (κ2) is 6.82. The summed E-state index contributed by atoms with van der Waals surface area (Å²) in [5.41, 5.74) is 0.853. The number of aliphatic hydroxyl groups is 1. The number of amides is 2. The fourth-order valence-electron chi connectivity index (χ4n) is 2.34. The van der Waals surface area contributed by atoms with E-state index in [4.69, 9.17) is 0 Å². The van der Waals surface area contributed by atoms with Gasteiger partial charge >= 0.3 is 6.03 Å². The molecule has 1 aliphatic heterocycles. The fourth-order valence-corrected chi connectivity index (χ4v) is 2.89. The van der Waals surface area contributed by atoms with Crippen molar-refractivity contribution in [3.05, 3.63) is 24.3 Å². The molecule has 0 radical (unpaired) electrons. The van der Waals surface area contributed by atoms with Crippen molar-refractivity contribution >= 4 is 23.5 Å². The zero-order valence-corrected chi connectivity index (χ0v) is 11.9. The van der Waals surface area contributed by atoms with Crippen LogP contribution in [-0.2, 0) is 0 Å². The van der Waals surface area contributed by atoms with Crippen LogP contribution < -0.4 is 5.32 Å². The Morgan fingerprint density at radius 2 is 2.32 bits per heavy atom. The molecule has 1 heterocycles. The maximum absolute atomic E-state index is 12.2. The number of aliphatic hydroxyl groups excluding tert-OH is 1. The van der Waals surface area contributed by atoms with Crippen LogP contribution in [0.3, 0.4) is 0 Å². The molecule has 5 heteroatoms. The van der Waals surface area contributed by atoms with E-state index in [-0.39, 0.29) is 18.6 Å². The van der Waals surface area contributed by atoms with E-state index in [0.717, 1.165) is 30.0 Å². The van der Waals surface area contributed by atoms with Gasteiger partial charge in [0.2, 0.25) is 0 Å². The smallest absolute Gasteiger partial charge is 0.321 e. The number of piperidine rings is 1. The molecule has 1 aromatic rings. The molecule has 1 aliphatic rings. The van der Waals surface area contributed by atoms with Crippen molar-refractivity contribution in [1.29, 1.82) is 0 Å². The molecule has 0 spiro atoms. The third-order valence-corrected chi connectivity index (χ3v) is 4.21. The van der Waals surface area contributed by atoms with Crippen molar-refractivity contribution in [3.8, 4) is 0 Å². The van der Waals surface area contributed by atoms with E-state index in [0.29, 0.717) is 6.54 Å². The maximum atomic E-state index is 12.2. The van der Waals surface area contributed by atoms with E-state index >= 15 is 0 Å². The van der Waals surface area contributed by atoms with E-state index < -0.39 is 0 Å². The lowest BCUT2D eigenvalue weighted by atomic mass is 9.99. The van der Waals surface area contributed by atoms with Crippen molar-refractivity contribution in [2.24, 2.45) is 5.92 Å². The highest BCUT2D eigenvalue weighted by Crippen LogP contribution is 2.25. The number of nitrogens with one attached hydrogen (secondary N) is 1. The minimum absolute atomic E-state index is 0.0698. The van der Waals surface area contributed by atoms with Crippen LogP contribution in [-0.4, -0.2) is 42.0 Å². The number of hydrogen-bond donors (Lipinski definition) is 2. The first kappa shape index (κ1) is 14.2. The van der Waals surface area contributed by atoms with Gasteiger partial charge in [0.25, 0.3) is 0 Å². The van der Waals surface area contributed by atoms with Crippen molar-refractivity contribution < 1.29 is 9.90 Å². The van der Waals surface area contributed by atoms with Crippen molar-refractivity contribution in [2.75, 3.05) is 31.3 Å². The van der Waals surface area contributed by atoms with Crippen LogP contribution >= 0.6 is 11.8 Å². The number of urea groups is 1. The summed E-state index contributed by atoms with van der Waals surface area (Å²) in [4.78, 5) is 15.1. The first-order valence-corrected chi connectivity index (χ1v) is 7.77. The molecule has 4 nitrogen and oxygen atoms in total. The molecule has 1 atom stereocenters. The lowest BCUT2D eigenvalue weighted by Crippen LogP contribution is -2.43. The molecule has 0 bridgehead atoms. The van der Waals surface area contributed by atoms with Gasteiger partial charge in [0.1, 0.15) is 0 Å². The van der Waals surface area contributed by atoms with Gasteiger partial charge in [-0.1, -0.05) is 12.1 Å². The zero-order chi connectivity index (χ0) is 13.7. The molecule has 2 N–H and O–H groups in total. The standard InChI is InChI=1S/C14H20N2O2S/c1-19-13-7-3-2-6-12(13)15-14(18)16-8-4-5-11(9-16)10-17/h2-3,6-7,11,17H,4-5,8-10H2,1H3,(H,15,18)/t11-/m0/s1. The summed E-state index contributed by atoms with van der Waals surface area (Å²) in [7, 11) is 0. The number of anilines is 1. The lowest BCUT2D eigenvalue weighted by molar-refractivity contribution is 0.136. The van der Waals surface area contributed by atoms with Gasteiger partial charge in [-0.15, -0.1) is 11.8 Å². The Morgan fingerprint density at radius 3 is 3.05 bits per heavy atom. The molecule has 1 fully saturated rings. The molecule has 0 unspecified atom stereocenters. The minimum atomic E-state index is -0.0698. The predicted molar refractivity (Wildman–Crippen MR) is 78.6 cm³/mol. The largest absolute Gasteiger partial charge is 0.396 e. The maximum Gasteiger partial charge on any atom is 0.321 e. The number of carbonyl (C=O) groups is 1. The van der Waals surface area contributed by atoms with Crippen LogP contribution in [0.25, 0.3) is 0 Å². The summed E-state index contributed by atoms with van der Waals surface area (Å²) in [6, 6.07) is 7.72. The quantitative estimate of drug-likeness (QED) is 0.837. The number of nitrogens with zero attached hydrogens (tertiary/aromatic N) is 1. The van der Waals surface area contributed by atoms with Crippen molar-refractivity contribution in [3.63, 3.8) is 0 Å². The van der Waals surface area contributed by atoms with Crippen LogP contribution in [0.5, 0.6) is 0 Å². The number of carbonyl (C=O) groups excluding carboxylic acids is 1. The highest BCUT2D eigenvalue weighted by Gasteiger charge is 2.23. The first-order valence-electron chi connectivity index (χ1n) is 6.54. The summed E-state index contributed by atoms with van der Waals surface area (Å²) in [5.74, 6) is 0.218. The van der Waals surface area contributed by atoms with E-state index in [2.05, 4.69) is 5.32 Å². The SMILES string of the molecule is CSc1ccccc1NC(=O)N1CCC[C@H](CO)C1. The molecule has 104 valence electrons. The van der Waals surface area contributed by atoms with Crippen LogP contribution in [0.15, 0.2) is 29.2 Å². The Kier molecular flexibility index (Phi) is 5.10. The third-order valence-electron chi connectivity index (χ3n) is 3.41. The molecule has 1 aromatic carbocycles. The van der Waals surface area contributed by atoms with Crippen LogP contribution in [0.4, 0.5) is 10.5 Å². The Labute approximate surface area is 118 Å². The lowest BCUT2D eigenvalue weighted by Gasteiger charge is -2.32. The normalized spacial score (nSPS) is 19.3. The van der Waals surface area contributed by atoms with Gasteiger partial charge in [0.05, 0.1) is 5.69 Å². The van der Waals surface area contributed by atoms with E-state index in [1.807, 2.05) is 30.5 Å². The minimum Gasteiger partial charge on any atom is -0.396 e. The first-order chi connectivity index (χ1) is 9.24. The average molecular weight is 280 g/mol. The van der Waals surface area contributed by atoms with E-state index in [1.54, 1.807) is 16.7 Å². The van der Waals surface area contributed by atoms with Crippen molar-refractivity contribution in [2.45, 2.75) is 17.7 Å². The van der Waals surface area contributed by atoms with Gasteiger partial charge in [0.15, 0.2) is 0 Å². The van der Waals surface area contributed by atoms with Crippen LogP contribution in [0.1, 0.15) is 12.8 Å². The van der Waals surface area contributed by atoms with E-state index in [1.165, 1.54) is 0 Å². The Morgan fingerprint density at radius 1 is 1.53 bits per heavy atom. The number of rotatable bonds is 3. The number of benzene rings is 1. The van der Waals surface area contributed by atoms with Gasteiger partial charge in [-0.25, -0.2) is 4.79 Å². The van der Waals surface area contributed by atoms with Crippen molar-refractivity contribution in [1.82, 2.24) is 4.90 Å². The summed E-state index contributed by atoms with van der Waals surface area (Å²) >= 11 is 1.62. The second-order valence-corrected chi connectivity index (χ2v) is 5.62. The topological polar surface area (TPSA) is 52.6 Å². The summed E-state index contributed by atoms with van der Waals surface area (Å²) in [6.07, 6.45) is 3.96. The van der Waals surface area contributed by atoms with Crippen LogP contribution in [0.2, 0.25) is 0 Å². The number of thioether (sulfide) groups is 1. The Balaban J connectivity index is 2.00. The highest BCUT2D eigenvalue weighted by atomic mass is 32.2. The van der Waals surface area contributed by atoms with Gasteiger partial charge in [-0.05, 0) is 37.1 Å². The predicted octanol–water partition coefficient (Wildman–Crippen LogP) is 2.64. The molecule has 19 heavy (non-hydrogen) atoms. The monoisotopic (exact) mass is 280 g/mol. The fraction of sp³-hybridized carbons (Fsp3) is 0.500. The summed E-state index contributed by atoms with van der Waals surface area (Å²) < 4.78 is 0. The average Bonchev–Trinajstić information content (AvgIpc) is 2.47. The van der Waals surface area contributed by atoms with Gasteiger partial charge in [-0.3, -0.25) is 0 Å². The van der Waals surface area contributed by atoms with Crippen LogP contribution in [0, 0.1) is 5.92 Å². The molecule has 0 saturated carbocycles. The second-order valence-electron chi connectivity index (χ2n) is 4.77. The molecule has 2 rings (SSSR count). The summed E-state index contributed by atoms with van der Waals surface area (Å²) in [6.45, 7) is 1.57. The Hall–Kier alpha value is -1.20. The highest BCUT2D eigenvalue weighted by molar-refractivity contribution is 7.98. The molecule has 2 amide bonds. The summed E-state index contributed by atoms with van der Waals surface area (Å²) in [5, 5.41) is 12.2.